The van der Waals surface area contributed by atoms with Gasteiger partial charge in [0.25, 0.3) is 0 Å². The third kappa shape index (κ3) is 4.40. The molecule has 5 nitrogen and oxygen atoms in total. The van der Waals surface area contributed by atoms with Crippen molar-refractivity contribution >= 4 is 39.0 Å². The molecule has 0 radical (unpaired) electrons. The number of aromatic nitrogens is 3. The maximum Gasteiger partial charge on any atom is 0.433 e. The van der Waals surface area contributed by atoms with E-state index in [1.54, 1.807) is 23.5 Å². The first kappa shape index (κ1) is 18.4. The van der Waals surface area contributed by atoms with Crippen LogP contribution in [0.1, 0.15) is 31.5 Å². The summed E-state index contributed by atoms with van der Waals surface area (Å²) in [7, 11) is 0. The number of nitrogens with zero attached hydrogens (tertiary/aromatic N) is 3. The van der Waals surface area contributed by atoms with Gasteiger partial charge in [-0.15, -0.1) is 11.3 Å². The number of anilines is 3. The number of nitrogens with one attached hydrogen (secondary N) is 2. The van der Waals surface area contributed by atoms with Crippen LogP contribution in [0.15, 0.2) is 24.3 Å². The number of hydrogen-bond acceptors (Lipinski definition) is 6. The third-order valence-electron chi connectivity index (χ3n) is 3.27. The van der Waals surface area contributed by atoms with Gasteiger partial charge in [0, 0.05) is 17.3 Å². The molecule has 2 N–H and O–H groups in total. The van der Waals surface area contributed by atoms with Crippen molar-refractivity contribution in [3.63, 3.8) is 0 Å². The van der Waals surface area contributed by atoms with Crippen molar-refractivity contribution in [1.29, 1.82) is 0 Å². The fraction of sp³-hybridized carbons (Fsp3) is 0.353. The zero-order valence-electron chi connectivity index (χ0n) is 14.7. The van der Waals surface area contributed by atoms with Crippen LogP contribution < -0.4 is 10.6 Å². The standard InChI is InChI=1S/C17H18F3N5S/c1-9-21-11-7-10(5-6-12(11)26-9)22-14-8-13(17(18,19)20)23-15(24-14)25-16(2,3)4/h5-8H,1-4H3,(H2,22,23,24,25). The first-order chi connectivity index (χ1) is 12.0. The van der Waals surface area contributed by atoms with E-state index in [2.05, 4.69) is 25.6 Å². The van der Waals surface area contributed by atoms with E-state index in [9.17, 15) is 13.2 Å². The highest BCUT2D eigenvalue weighted by Gasteiger charge is 2.34. The third-order valence-corrected chi connectivity index (χ3v) is 4.22. The van der Waals surface area contributed by atoms with Crippen LogP contribution in [0.4, 0.5) is 30.6 Å². The Labute approximate surface area is 152 Å². The Hall–Kier alpha value is -2.42. The van der Waals surface area contributed by atoms with Crippen molar-refractivity contribution in [1.82, 2.24) is 15.0 Å². The average Bonchev–Trinajstić information content (AvgIpc) is 2.83. The highest BCUT2D eigenvalue weighted by molar-refractivity contribution is 7.18. The molecule has 0 atom stereocenters. The lowest BCUT2D eigenvalue weighted by Gasteiger charge is -2.21. The molecule has 0 fully saturated rings. The molecule has 0 spiro atoms. The number of aryl methyl sites for hydroxylation is 1. The Bertz CT molecular complexity index is 944. The highest BCUT2D eigenvalue weighted by Crippen LogP contribution is 2.31. The average molecular weight is 381 g/mol. The minimum atomic E-state index is -4.57. The van der Waals surface area contributed by atoms with Gasteiger partial charge in [-0.05, 0) is 45.9 Å². The van der Waals surface area contributed by atoms with Crippen LogP contribution in [0.3, 0.4) is 0 Å². The van der Waals surface area contributed by atoms with Gasteiger partial charge in [0.05, 0.1) is 15.2 Å². The maximum absolute atomic E-state index is 13.2. The van der Waals surface area contributed by atoms with Crippen LogP contribution in [-0.4, -0.2) is 20.5 Å². The number of benzene rings is 1. The summed E-state index contributed by atoms with van der Waals surface area (Å²) < 4.78 is 40.5. The minimum Gasteiger partial charge on any atom is -0.350 e. The second kappa shape index (κ2) is 6.39. The summed E-state index contributed by atoms with van der Waals surface area (Å²) in [5, 5.41) is 6.72. The van der Waals surface area contributed by atoms with Gasteiger partial charge in [-0.2, -0.15) is 18.2 Å². The quantitative estimate of drug-likeness (QED) is 0.639. The van der Waals surface area contributed by atoms with E-state index in [0.717, 1.165) is 21.3 Å². The highest BCUT2D eigenvalue weighted by atomic mass is 32.1. The van der Waals surface area contributed by atoms with E-state index in [1.165, 1.54) is 0 Å². The smallest absolute Gasteiger partial charge is 0.350 e. The Kier molecular flexibility index (Phi) is 4.51. The topological polar surface area (TPSA) is 62.7 Å². The predicted octanol–water partition coefficient (Wildman–Crippen LogP) is 5.37. The van der Waals surface area contributed by atoms with Crippen LogP contribution in [-0.2, 0) is 6.18 Å². The van der Waals surface area contributed by atoms with Crippen LogP contribution in [0.2, 0.25) is 0 Å². The summed E-state index contributed by atoms with van der Waals surface area (Å²) in [5.41, 5.74) is -0.0854. The molecule has 26 heavy (non-hydrogen) atoms. The van der Waals surface area contributed by atoms with Gasteiger partial charge in [-0.1, -0.05) is 0 Å². The van der Waals surface area contributed by atoms with Crippen molar-refractivity contribution in [2.45, 2.75) is 39.4 Å². The van der Waals surface area contributed by atoms with Crippen molar-refractivity contribution in [3.05, 3.63) is 35.0 Å². The molecule has 0 aliphatic heterocycles. The monoisotopic (exact) mass is 381 g/mol. The van der Waals surface area contributed by atoms with E-state index < -0.39 is 17.4 Å². The van der Waals surface area contributed by atoms with Crippen molar-refractivity contribution in [2.24, 2.45) is 0 Å². The number of hydrogen-bond donors (Lipinski definition) is 2. The van der Waals surface area contributed by atoms with Crippen molar-refractivity contribution in [2.75, 3.05) is 10.6 Å². The molecule has 2 heterocycles. The van der Waals surface area contributed by atoms with E-state index >= 15 is 0 Å². The zero-order valence-corrected chi connectivity index (χ0v) is 15.5. The largest absolute Gasteiger partial charge is 0.433 e. The lowest BCUT2D eigenvalue weighted by Crippen LogP contribution is -2.28. The van der Waals surface area contributed by atoms with Crippen LogP contribution >= 0.6 is 11.3 Å². The van der Waals surface area contributed by atoms with Gasteiger partial charge in [-0.25, -0.2) is 9.97 Å². The Morgan fingerprint density at radius 2 is 1.73 bits per heavy atom. The summed E-state index contributed by atoms with van der Waals surface area (Å²) in [6, 6.07) is 6.34. The summed E-state index contributed by atoms with van der Waals surface area (Å²) in [6.45, 7) is 7.37. The molecule has 0 unspecified atom stereocenters. The molecule has 0 bridgehead atoms. The Morgan fingerprint density at radius 3 is 2.38 bits per heavy atom. The Balaban J connectivity index is 1.97. The molecule has 3 aromatic rings. The van der Waals surface area contributed by atoms with Gasteiger partial charge < -0.3 is 10.6 Å². The SMILES string of the molecule is Cc1nc2cc(Nc3cc(C(F)(F)F)nc(NC(C)(C)C)n3)ccc2s1. The van der Waals surface area contributed by atoms with E-state index in [-0.39, 0.29) is 11.8 Å². The molecular weight excluding hydrogens is 363 g/mol. The van der Waals surface area contributed by atoms with Crippen LogP contribution in [0.25, 0.3) is 10.2 Å². The van der Waals surface area contributed by atoms with Crippen molar-refractivity contribution in [3.8, 4) is 0 Å². The first-order valence-corrected chi connectivity index (χ1v) is 8.70. The fourth-order valence-corrected chi connectivity index (χ4v) is 3.12. The molecule has 0 amide bonds. The van der Waals surface area contributed by atoms with Gasteiger partial charge >= 0.3 is 6.18 Å². The normalized spacial score (nSPS) is 12.4. The zero-order chi connectivity index (χ0) is 19.1. The van der Waals surface area contributed by atoms with E-state index in [1.807, 2.05) is 33.8 Å². The van der Waals surface area contributed by atoms with Crippen LogP contribution in [0, 0.1) is 6.92 Å². The summed E-state index contributed by atoms with van der Waals surface area (Å²) in [4.78, 5) is 12.1. The number of thiazole rings is 1. The second-order valence-electron chi connectivity index (χ2n) is 6.88. The van der Waals surface area contributed by atoms with Gasteiger partial charge in [0.15, 0.2) is 5.69 Å². The number of rotatable bonds is 3. The molecule has 0 aliphatic carbocycles. The molecule has 3 rings (SSSR count). The number of alkyl halides is 3. The summed E-state index contributed by atoms with van der Waals surface area (Å²) in [5.74, 6) is -0.0224. The lowest BCUT2D eigenvalue weighted by atomic mass is 10.1. The molecular formula is C17H18F3N5S. The molecule has 9 heteroatoms. The maximum atomic E-state index is 13.2. The van der Waals surface area contributed by atoms with Gasteiger partial charge in [0.1, 0.15) is 5.82 Å². The molecule has 2 aromatic heterocycles. The summed E-state index contributed by atoms with van der Waals surface area (Å²) in [6.07, 6.45) is -4.57. The van der Waals surface area contributed by atoms with Crippen LogP contribution in [0.5, 0.6) is 0 Å². The van der Waals surface area contributed by atoms with Gasteiger partial charge in [-0.3, -0.25) is 0 Å². The summed E-state index contributed by atoms with van der Waals surface area (Å²) >= 11 is 1.56. The predicted molar refractivity (Wildman–Crippen MR) is 98.0 cm³/mol. The second-order valence-corrected chi connectivity index (χ2v) is 8.11. The van der Waals surface area contributed by atoms with Crippen molar-refractivity contribution < 1.29 is 13.2 Å². The number of halogens is 3. The first-order valence-electron chi connectivity index (χ1n) is 7.88. The van der Waals surface area contributed by atoms with E-state index in [4.69, 9.17) is 0 Å². The van der Waals surface area contributed by atoms with Gasteiger partial charge in [0.2, 0.25) is 5.95 Å². The lowest BCUT2D eigenvalue weighted by molar-refractivity contribution is -0.141. The Morgan fingerprint density at radius 1 is 1.00 bits per heavy atom. The minimum absolute atomic E-state index is 0.0605. The molecule has 0 saturated carbocycles. The molecule has 1 aromatic carbocycles. The molecule has 0 saturated heterocycles. The number of fused-ring (bicyclic) bond motifs is 1. The van der Waals surface area contributed by atoms with E-state index in [0.29, 0.717) is 5.69 Å². The molecule has 0 aliphatic rings. The molecule has 138 valence electrons. The fourth-order valence-electron chi connectivity index (χ4n) is 2.32.